The maximum absolute atomic E-state index is 13.4. The third-order valence-corrected chi connectivity index (χ3v) is 8.28. The molecule has 160 valence electrons. The van der Waals surface area contributed by atoms with Crippen molar-refractivity contribution in [2.24, 2.45) is 23.2 Å². The predicted molar refractivity (Wildman–Crippen MR) is 114 cm³/mol. The lowest BCUT2D eigenvalue weighted by atomic mass is 9.48. The average Bonchev–Trinajstić information content (AvgIpc) is 2.91. The molecule has 4 bridgehead atoms. The maximum atomic E-state index is 13.4. The SMILES string of the molecule is CCCc1ccc([C@@]2(C)NC(=O)N(CC(=O)C34CC5CC(CC(C5)C3)C4)C2=O)cc1. The molecule has 1 atom stereocenters. The summed E-state index contributed by atoms with van der Waals surface area (Å²) < 4.78 is 0. The van der Waals surface area contributed by atoms with Crippen LogP contribution in [0, 0.1) is 23.2 Å². The molecule has 5 heteroatoms. The number of amides is 3. The Labute approximate surface area is 178 Å². The standard InChI is InChI=1S/C25H32N2O3/c1-3-4-16-5-7-20(8-6-16)24(2)22(29)27(23(30)26-24)15-21(28)25-12-17-9-18(13-25)11-19(10-17)14-25/h5-8,17-19H,3-4,9-15H2,1-2H3,(H,26,30)/t17?,18?,19?,24-,25?/m1/s1. The number of imide groups is 1. The summed E-state index contributed by atoms with van der Waals surface area (Å²) in [6, 6.07) is 7.44. The third kappa shape index (κ3) is 3.00. The number of nitrogens with one attached hydrogen (secondary N) is 1. The van der Waals surface area contributed by atoms with E-state index in [0.29, 0.717) is 17.8 Å². The number of carbonyl (C=O) groups excluding carboxylic acids is 3. The van der Waals surface area contributed by atoms with Crippen LogP contribution < -0.4 is 5.32 Å². The second-order valence-corrected chi connectivity index (χ2v) is 10.5. The van der Waals surface area contributed by atoms with Crippen LogP contribution in [-0.2, 0) is 21.5 Å². The Morgan fingerprint density at radius 2 is 1.60 bits per heavy atom. The van der Waals surface area contributed by atoms with E-state index in [1.165, 1.54) is 29.7 Å². The molecule has 1 heterocycles. The first-order chi connectivity index (χ1) is 14.3. The Kier molecular flexibility index (Phi) is 4.57. The fourth-order valence-electron chi connectivity index (χ4n) is 7.09. The van der Waals surface area contributed by atoms with E-state index in [-0.39, 0.29) is 23.7 Å². The first-order valence-electron chi connectivity index (χ1n) is 11.6. The van der Waals surface area contributed by atoms with Gasteiger partial charge in [0.25, 0.3) is 5.91 Å². The van der Waals surface area contributed by atoms with E-state index >= 15 is 0 Å². The Hall–Kier alpha value is -2.17. The normalized spacial score (nSPS) is 37.0. The lowest BCUT2D eigenvalue weighted by Crippen LogP contribution is -2.53. The molecule has 3 amide bonds. The molecule has 5 nitrogen and oxygen atoms in total. The fourth-order valence-corrected chi connectivity index (χ4v) is 7.09. The quantitative estimate of drug-likeness (QED) is 0.718. The van der Waals surface area contributed by atoms with Crippen molar-refractivity contribution < 1.29 is 14.4 Å². The molecule has 0 aromatic heterocycles. The van der Waals surface area contributed by atoms with Crippen molar-refractivity contribution in [2.45, 2.75) is 70.8 Å². The Balaban J connectivity index is 1.34. The Morgan fingerprint density at radius 3 is 2.13 bits per heavy atom. The highest BCUT2D eigenvalue weighted by Crippen LogP contribution is 2.60. The number of carbonyl (C=O) groups is 3. The maximum Gasteiger partial charge on any atom is 0.325 e. The van der Waals surface area contributed by atoms with Crippen LogP contribution in [0.2, 0.25) is 0 Å². The lowest BCUT2D eigenvalue weighted by molar-refractivity contribution is -0.147. The van der Waals surface area contributed by atoms with Gasteiger partial charge >= 0.3 is 6.03 Å². The molecule has 5 aliphatic rings. The molecule has 6 rings (SSSR count). The first kappa shape index (κ1) is 19.8. The number of ketones is 1. The minimum absolute atomic E-state index is 0.0830. The largest absolute Gasteiger partial charge is 0.325 e. The highest BCUT2D eigenvalue weighted by molar-refractivity contribution is 6.09. The molecular formula is C25H32N2O3. The van der Waals surface area contributed by atoms with E-state index in [4.69, 9.17) is 0 Å². The van der Waals surface area contributed by atoms with E-state index in [0.717, 1.165) is 37.7 Å². The van der Waals surface area contributed by atoms with Gasteiger partial charge in [-0.3, -0.25) is 14.5 Å². The lowest BCUT2D eigenvalue weighted by Gasteiger charge is -2.56. The van der Waals surface area contributed by atoms with Crippen LogP contribution in [0.1, 0.15) is 69.9 Å². The summed E-state index contributed by atoms with van der Waals surface area (Å²) >= 11 is 0. The van der Waals surface area contributed by atoms with Crippen molar-refractivity contribution in [2.75, 3.05) is 6.54 Å². The van der Waals surface area contributed by atoms with Crippen LogP contribution in [0.5, 0.6) is 0 Å². The summed E-state index contributed by atoms with van der Waals surface area (Å²) in [6.07, 6.45) is 8.72. The van der Waals surface area contributed by atoms with Gasteiger partial charge in [-0.25, -0.2) is 4.79 Å². The smallest absolute Gasteiger partial charge is 0.319 e. The van der Waals surface area contributed by atoms with Crippen LogP contribution in [0.3, 0.4) is 0 Å². The van der Waals surface area contributed by atoms with E-state index in [9.17, 15) is 14.4 Å². The van der Waals surface area contributed by atoms with Gasteiger partial charge in [0.1, 0.15) is 5.54 Å². The third-order valence-electron chi connectivity index (χ3n) is 8.28. The summed E-state index contributed by atoms with van der Waals surface area (Å²) in [5, 5.41) is 2.86. The zero-order valence-corrected chi connectivity index (χ0v) is 18.1. The molecule has 0 radical (unpaired) electrons. The van der Waals surface area contributed by atoms with Gasteiger partial charge in [0, 0.05) is 5.41 Å². The molecular weight excluding hydrogens is 376 g/mol. The van der Waals surface area contributed by atoms with Gasteiger partial charge in [-0.2, -0.15) is 0 Å². The van der Waals surface area contributed by atoms with Gasteiger partial charge in [0.2, 0.25) is 0 Å². The molecule has 4 aliphatic carbocycles. The Morgan fingerprint density at radius 1 is 1.03 bits per heavy atom. The second kappa shape index (κ2) is 6.93. The minimum Gasteiger partial charge on any atom is -0.319 e. The average molecular weight is 409 g/mol. The van der Waals surface area contributed by atoms with Crippen LogP contribution >= 0.6 is 0 Å². The zero-order valence-electron chi connectivity index (χ0n) is 18.1. The number of rotatable bonds is 6. The molecule has 30 heavy (non-hydrogen) atoms. The highest BCUT2D eigenvalue weighted by atomic mass is 16.2. The fraction of sp³-hybridized carbons (Fsp3) is 0.640. The van der Waals surface area contributed by atoms with E-state index < -0.39 is 11.6 Å². The number of nitrogens with zero attached hydrogens (tertiary/aromatic N) is 1. The van der Waals surface area contributed by atoms with Gasteiger partial charge < -0.3 is 5.32 Å². The minimum atomic E-state index is -1.11. The molecule has 0 spiro atoms. The topological polar surface area (TPSA) is 66.5 Å². The van der Waals surface area contributed by atoms with Gasteiger partial charge in [-0.15, -0.1) is 0 Å². The van der Waals surface area contributed by atoms with Crippen LogP contribution in [-0.4, -0.2) is 29.2 Å². The van der Waals surface area contributed by atoms with Gasteiger partial charge in [-0.05, 0) is 80.8 Å². The summed E-state index contributed by atoms with van der Waals surface area (Å²) in [5.74, 6) is 1.78. The summed E-state index contributed by atoms with van der Waals surface area (Å²) in [7, 11) is 0. The summed E-state index contributed by atoms with van der Waals surface area (Å²) in [4.78, 5) is 40.7. The molecule has 1 N–H and O–H groups in total. The second-order valence-electron chi connectivity index (χ2n) is 10.5. The molecule has 0 unspecified atom stereocenters. The number of benzene rings is 1. The van der Waals surface area contributed by atoms with Crippen LogP contribution in [0.4, 0.5) is 4.79 Å². The van der Waals surface area contributed by atoms with Crippen molar-refractivity contribution in [1.29, 1.82) is 0 Å². The van der Waals surface area contributed by atoms with Crippen molar-refractivity contribution in [3.63, 3.8) is 0 Å². The number of aryl methyl sites for hydroxylation is 1. The van der Waals surface area contributed by atoms with E-state index in [2.05, 4.69) is 12.2 Å². The Bertz CT molecular complexity index is 855. The van der Waals surface area contributed by atoms with Crippen molar-refractivity contribution >= 4 is 17.7 Å². The van der Waals surface area contributed by atoms with Crippen molar-refractivity contribution in [3.8, 4) is 0 Å². The van der Waals surface area contributed by atoms with Gasteiger partial charge in [-0.1, -0.05) is 37.6 Å². The molecule has 4 saturated carbocycles. The van der Waals surface area contributed by atoms with Crippen LogP contribution in [0.25, 0.3) is 0 Å². The number of hydrogen-bond acceptors (Lipinski definition) is 3. The number of Topliss-reactive ketones (excluding diaryl/α,β-unsaturated/α-hetero) is 1. The highest BCUT2D eigenvalue weighted by Gasteiger charge is 2.56. The van der Waals surface area contributed by atoms with Crippen molar-refractivity contribution in [3.05, 3.63) is 35.4 Å². The van der Waals surface area contributed by atoms with E-state index in [1.54, 1.807) is 6.92 Å². The summed E-state index contributed by atoms with van der Waals surface area (Å²) in [6.45, 7) is 3.80. The van der Waals surface area contributed by atoms with E-state index in [1.807, 2.05) is 24.3 Å². The van der Waals surface area contributed by atoms with Crippen molar-refractivity contribution in [1.82, 2.24) is 10.2 Å². The number of urea groups is 1. The molecule has 1 aliphatic heterocycles. The number of hydrogen-bond donors (Lipinski definition) is 1. The molecule has 1 aromatic rings. The van der Waals surface area contributed by atoms with Gasteiger partial charge in [0.05, 0.1) is 6.54 Å². The molecule has 1 aromatic carbocycles. The van der Waals surface area contributed by atoms with Crippen LogP contribution in [0.15, 0.2) is 24.3 Å². The van der Waals surface area contributed by atoms with Gasteiger partial charge in [0.15, 0.2) is 5.78 Å². The zero-order chi connectivity index (χ0) is 21.1. The predicted octanol–water partition coefficient (Wildman–Crippen LogP) is 4.19. The molecule has 5 fully saturated rings. The first-order valence-corrected chi connectivity index (χ1v) is 11.6. The molecule has 1 saturated heterocycles. The summed E-state index contributed by atoms with van der Waals surface area (Å²) in [5.41, 5.74) is 0.584. The monoisotopic (exact) mass is 408 g/mol.